The largest absolute Gasteiger partial charge is 0.484 e. The molecule has 37 heavy (non-hydrogen) atoms. The van der Waals surface area contributed by atoms with Crippen molar-refractivity contribution in [2.24, 2.45) is 0 Å². The van der Waals surface area contributed by atoms with Gasteiger partial charge in [0.15, 0.2) is 6.61 Å². The lowest BCUT2D eigenvalue weighted by molar-refractivity contribution is -0.123. The molecule has 7 heteroatoms. The summed E-state index contributed by atoms with van der Waals surface area (Å²) in [5.74, 6) is 0.605. The Bertz CT molecular complexity index is 1190. The Morgan fingerprint density at radius 2 is 1.49 bits per heavy atom. The Morgan fingerprint density at radius 3 is 2.19 bits per heavy atom. The van der Waals surface area contributed by atoms with Crippen LogP contribution < -0.4 is 19.9 Å². The van der Waals surface area contributed by atoms with E-state index in [4.69, 9.17) is 4.74 Å². The van der Waals surface area contributed by atoms with Gasteiger partial charge in [0.2, 0.25) is 5.91 Å². The molecule has 0 saturated carbocycles. The van der Waals surface area contributed by atoms with E-state index in [1.54, 1.807) is 17.0 Å². The Morgan fingerprint density at radius 1 is 0.784 bits per heavy atom. The summed E-state index contributed by atoms with van der Waals surface area (Å²) in [6.45, 7) is 6.08. The quantitative estimate of drug-likeness (QED) is 0.486. The van der Waals surface area contributed by atoms with Crippen molar-refractivity contribution in [1.82, 2.24) is 10.2 Å². The van der Waals surface area contributed by atoms with Gasteiger partial charge in [-0.1, -0.05) is 42.5 Å². The molecule has 0 bridgehead atoms. The molecule has 192 valence electrons. The summed E-state index contributed by atoms with van der Waals surface area (Å²) in [5.41, 5.74) is 4.52. The number of para-hydroxylation sites is 1. The molecule has 2 heterocycles. The molecule has 0 spiro atoms. The third-order valence-electron chi connectivity index (χ3n) is 7.07. The van der Waals surface area contributed by atoms with Gasteiger partial charge in [0.05, 0.1) is 0 Å². The van der Waals surface area contributed by atoms with Crippen molar-refractivity contribution >= 4 is 23.2 Å². The van der Waals surface area contributed by atoms with Gasteiger partial charge in [-0.25, -0.2) is 0 Å². The minimum Gasteiger partial charge on any atom is -0.484 e. The summed E-state index contributed by atoms with van der Waals surface area (Å²) in [7, 11) is 0. The minimum absolute atomic E-state index is 0.0500. The van der Waals surface area contributed by atoms with Crippen LogP contribution in [0.2, 0.25) is 0 Å². The predicted molar refractivity (Wildman–Crippen MR) is 146 cm³/mol. The van der Waals surface area contributed by atoms with Gasteiger partial charge >= 0.3 is 0 Å². The molecule has 3 aromatic carbocycles. The molecule has 3 aromatic rings. The predicted octanol–water partition coefficient (Wildman–Crippen LogP) is 3.83. The number of hydrogen-bond donors (Lipinski definition) is 1. The second-order valence-electron chi connectivity index (χ2n) is 9.58. The van der Waals surface area contributed by atoms with Gasteiger partial charge in [-0.2, -0.15) is 0 Å². The number of nitrogens with zero attached hydrogens (tertiary/aromatic N) is 3. The van der Waals surface area contributed by atoms with Crippen LogP contribution in [0.25, 0.3) is 0 Å². The molecule has 0 radical (unpaired) electrons. The first-order chi connectivity index (χ1) is 18.2. The van der Waals surface area contributed by atoms with Crippen molar-refractivity contribution in [3.8, 4) is 5.75 Å². The highest BCUT2D eigenvalue weighted by atomic mass is 16.5. The summed E-state index contributed by atoms with van der Waals surface area (Å²) in [4.78, 5) is 31.1. The highest BCUT2D eigenvalue weighted by Gasteiger charge is 2.21. The van der Waals surface area contributed by atoms with E-state index in [-0.39, 0.29) is 18.4 Å². The number of ether oxygens (including phenoxy) is 1. The Balaban J connectivity index is 1.08. The summed E-state index contributed by atoms with van der Waals surface area (Å²) < 4.78 is 5.67. The SMILES string of the molecule is O=C(COc1ccc(N2CCCC2=O)cc1)NCc1ccccc1CN1CCN(c2ccccc2)CC1. The fourth-order valence-corrected chi connectivity index (χ4v) is 4.97. The number of amides is 2. The Kier molecular flexibility index (Phi) is 8.01. The number of carbonyl (C=O) groups excluding carboxylic acids is 2. The molecule has 5 rings (SSSR count). The first kappa shape index (κ1) is 24.8. The molecule has 1 N–H and O–H groups in total. The summed E-state index contributed by atoms with van der Waals surface area (Å²) in [5, 5.41) is 2.99. The van der Waals surface area contributed by atoms with Gasteiger partial charge in [-0.15, -0.1) is 0 Å². The van der Waals surface area contributed by atoms with Crippen molar-refractivity contribution in [3.05, 3.63) is 90.0 Å². The molecule has 0 aliphatic carbocycles. The third-order valence-corrected chi connectivity index (χ3v) is 7.07. The standard InChI is InChI=1S/C30H34N4O3/c35-29(23-37-28-14-12-27(13-15-28)34-16-6-11-30(34)36)31-21-24-7-4-5-8-25(24)22-32-17-19-33(20-18-32)26-9-2-1-3-10-26/h1-5,7-10,12-15H,6,11,16-23H2,(H,31,35). The van der Waals surface area contributed by atoms with Crippen molar-refractivity contribution in [1.29, 1.82) is 0 Å². The maximum atomic E-state index is 12.5. The lowest BCUT2D eigenvalue weighted by Gasteiger charge is -2.36. The molecule has 0 unspecified atom stereocenters. The van der Waals surface area contributed by atoms with Crippen LogP contribution in [0, 0.1) is 0 Å². The molecular formula is C30H34N4O3. The fourth-order valence-electron chi connectivity index (χ4n) is 4.97. The van der Waals surface area contributed by atoms with Gasteiger partial charge in [0.25, 0.3) is 5.91 Å². The zero-order valence-electron chi connectivity index (χ0n) is 21.1. The van der Waals surface area contributed by atoms with Crippen LogP contribution in [-0.4, -0.2) is 56.0 Å². The van der Waals surface area contributed by atoms with E-state index in [0.717, 1.165) is 56.9 Å². The number of benzene rings is 3. The van der Waals surface area contributed by atoms with E-state index < -0.39 is 0 Å². The van der Waals surface area contributed by atoms with Gasteiger partial charge in [-0.3, -0.25) is 14.5 Å². The lowest BCUT2D eigenvalue weighted by Crippen LogP contribution is -2.46. The van der Waals surface area contributed by atoms with Crippen LogP contribution in [0.4, 0.5) is 11.4 Å². The van der Waals surface area contributed by atoms with Gasteiger partial charge in [0.1, 0.15) is 5.75 Å². The summed E-state index contributed by atoms with van der Waals surface area (Å²) in [6, 6.07) is 26.2. The lowest BCUT2D eigenvalue weighted by atomic mass is 10.1. The molecule has 2 amide bonds. The Hall–Kier alpha value is -3.84. The average molecular weight is 499 g/mol. The molecule has 2 fully saturated rings. The number of piperazine rings is 1. The van der Waals surface area contributed by atoms with Crippen LogP contribution in [0.3, 0.4) is 0 Å². The normalized spacial score (nSPS) is 16.2. The van der Waals surface area contributed by atoms with Crippen molar-refractivity contribution in [2.75, 3.05) is 49.1 Å². The second-order valence-corrected chi connectivity index (χ2v) is 9.58. The van der Waals surface area contributed by atoms with E-state index in [1.165, 1.54) is 11.3 Å². The number of anilines is 2. The maximum Gasteiger partial charge on any atom is 0.258 e. The highest BCUT2D eigenvalue weighted by molar-refractivity contribution is 5.95. The van der Waals surface area contributed by atoms with E-state index in [9.17, 15) is 9.59 Å². The average Bonchev–Trinajstić information content (AvgIpc) is 3.38. The first-order valence-corrected chi connectivity index (χ1v) is 13.0. The van der Waals surface area contributed by atoms with Crippen LogP contribution >= 0.6 is 0 Å². The van der Waals surface area contributed by atoms with Gasteiger partial charge in [0, 0.05) is 63.6 Å². The number of nitrogens with one attached hydrogen (secondary N) is 1. The van der Waals surface area contributed by atoms with Crippen molar-refractivity contribution < 1.29 is 14.3 Å². The third kappa shape index (κ3) is 6.49. The zero-order valence-corrected chi connectivity index (χ0v) is 21.1. The van der Waals surface area contributed by atoms with E-state index in [2.05, 4.69) is 63.6 Å². The van der Waals surface area contributed by atoms with Crippen LogP contribution in [0.1, 0.15) is 24.0 Å². The molecule has 0 aromatic heterocycles. The maximum absolute atomic E-state index is 12.5. The van der Waals surface area contributed by atoms with Crippen molar-refractivity contribution in [3.63, 3.8) is 0 Å². The van der Waals surface area contributed by atoms with Crippen LogP contribution in [0.5, 0.6) is 5.75 Å². The van der Waals surface area contributed by atoms with Gasteiger partial charge < -0.3 is 19.9 Å². The molecule has 2 aliphatic rings. The molecule has 0 atom stereocenters. The molecule has 2 saturated heterocycles. The van der Waals surface area contributed by atoms with Crippen LogP contribution in [-0.2, 0) is 22.7 Å². The first-order valence-electron chi connectivity index (χ1n) is 13.0. The monoisotopic (exact) mass is 498 g/mol. The van der Waals surface area contributed by atoms with Crippen molar-refractivity contribution in [2.45, 2.75) is 25.9 Å². The number of hydrogen-bond acceptors (Lipinski definition) is 5. The minimum atomic E-state index is -0.162. The van der Waals surface area contributed by atoms with E-state index in [1.807, 2.05) is 18.2 Å². The van der Waals surface area contributed by atoms with Crippen LogP contribution in [0.15, 0.2) is 78.9 Å². The number of rotatable bonds is 9. The van der Waals surface area contributed by atoms with Gasteiger partial charge in [-0.05, 0) is 53.9 Å². The number of carbonyl (C=O) groups is 2. The second kappa shape index (κ2) is 11.9. The topological polar surface area (TPSA) is 65.1 Å². The molecular weight excluding hydrogens is 464 g/mol. The smallest absolute Gasteiger partial charge is 0.258 e. The zero-order chi connectivity index (χ0) is 25.5. The van der Waals surface area contributed by atoms with E-state index in [0.29, 0.717) is 18.7 Å². The molecule has 2 aliphatic heterocycles. The van der Waals surface area contributed by atoms with E-state index >= 15 is 0 Å². The Labute approximate surface area is 218 Å². The summed E-state index contributed by atoms with van der Waals surface area (Å²) >= 11 is 0. The fraction of sp³-hybridized carbons (Fsp3) is 0.333. The highest BCUT2D eigenvalue weighted by Crippen LogP contribution is 2.24. The molecule has 7 nitrogen and oxygen atoms in total. The summed E-state index contributed by atoms with van der Waals surface area (Å²) in [6.07, 6.45) is 1.50.